The number of rotatable bonds is 6. The van der Waals surface area contributed by atoms with Crippen molar-refractivity contribution in [3.05, 3.63) is 95.0 Å². The van der Waals surface area contributed by atoms with Gasteiger partial charge in [-0.25, -0.2) is 9.79 Å². The summed E-state index contributed by atoms with van der Waals surface area (Å²) in [7, 11) is 0. The predicted molar refractivity (Wildman–Crippen MR) is 145 cm³/mol. The minimum Gasteiger partial charge on any atom is -0.463 e. The second kappa shape index (κ2) is 10.1. The number of hydrogen-bond acceptors (Lipinski definition) is 7. The largest absolute Gasteiger partial charge is 0.463 e. The van der Waals surface area contributed by atoms with Crippen molar-refractivity contribution in [3.8, 4) is 11.3 Å². The van der Waals surface area contributed by atoms with Crippen LogP contribution in [-0.2, 0) is 16.1 Å². The molecule has 0 unspecified atom stereocenters. The molecule has 0 radical (unpaired) electrons. The van der Waals surface area contributed by atoms with Crippen molar-refractivity contribution in [1.82, 2.24) is 14.3 Å². The van der Waals surface area contributed by atoms with Crippen molar-refractivity contribution in [2.75, 3.05) is 6.61 Å². The molecule has 5 rings (SSSR count). The van der Waals surface area contributed by atoms with E-state index in [1.165, 1.54) is 11.3 Å². The van der Waals surface area contributed by atoms with Gasteiger partial charge in [0.1, 0.15) is 17.6 Å². The molecule has 0 spiro atoms. The Morgan fingerprint density at radius 1 is 1.19 bits per heavy atom. The number of carbonyl (C=O) groups is 1. The van der Waals surface area contributed by atoms with Gasteiger partial charge in [-0.3, -0.25) is 14.0 Å². The Labute approximate surface area is 225 Å². The lowest BCUT2D eigenvalue weighted by Gasteiger charge is -2.24. The van der Waals surface area contributed by atoms with Crippen LogP contribution >= 0.6 is 27.3 Å². The standard InChI is InChI=1S/C27H25BrN4O4S/c1-5-31-14-20(15(3)30-31)24-23(26(34)35-6-2)16(4)29-27-32(24)25(33)22(37-27)13-19-11-12-21(36-19)17-7-9-18(28)10-8-17/h7-14,24H,5-6H2,1-4H3/b22-13+/t24-/m0/s1. The second-order valence-electron chi connectivity index (χ2n) is 8.54. The van der Waals surface area contributed by atoms with Gasteiger partial charge in [0.2, 0.25) is 0 Å². The van der Waals surface area contributed by atoms with Crippen molar-refractivity contribution in [2.24, 2.45) is 4.99 Å². The van der Waals surface area contributed by atoms with Crippen molar-refractivity contribution in [3.63, 3.8) is 0 Å². The number of thiazole rings is 1. The lowest BCUT2D eigenvalue weighted by atomic mass is 9.96. The fourth-order valence-corrected chi connectivity index (χ4v) is 5.67. The molecule has 0 aliphatic carbocycles. The maximum absolute atomic E-state index is 13.8. The van der Waals surface area contributed by atoms with Gasteiger partial charge in [-0.15, -0.1) is 0 Å². The summed E-state index contributed by atoms with van der Waals surface area (Å²) in [5.41, 5.74) is 3.05. The first-order valence-corrected chi connectivity index (χ1v) is 13.5. The minimum absolute atomic E-state index is 0.221. The lowest BCUT2D eigenvalue weighted by molar-refractivity contribution is -0.139. The first-order chi connectivity index (χ1) is 17.8. The minimum atomic E-state index is -0.687. The Morgan fingerprint density at radius 3 is 2.62 bits per heavy atom. The molecule has 0 N–H and O–H groups in total. The van der Waals surface area contributed by atoms with E-state index in [0.717, 1.165) is 21.3 Å². The first kappa shape index (κ1) is 25.2. The van der Waals surface area contributed by atoms with E-state index in [2.05, 4.69) is 26.0 Å². The number of ether oxygens (including phenoxy) is 1. The van der Waals surface area contributed by atoms with Crippen LogP contribution in [0.3, 0.4) is 0 Å². The summed E-state index contributed by atoms with van der Waals surface area (Å²) < 4.78 is 16.2. The van der Waals surface area contributed by atoms with Crippen LogP contribution in [0, 0.1) is 6.92 Å². The van der Waals surface area contributed by atoms with E-state index in [-0.39, 0.29) is 12.2 Å². The molecule has 8 nitrogen and oxygen atoms in total. The molecule has 10 heteroatoms. The van der Waals surface area contributed by atoms with Gasteiger partial charge in [-0.1, -0.05) is 39.4 Å². The number of benzene rings is 1. The van der Waals surface area contributed by atoms with Crippen LogP contribution in [0.25, 0.3) is 17.4 Å². The average molecular weight is 581 g/mol. The Hall–Kier alpha value is -3.50. The van der Waals surface area contributed by atoms with Crippen LogP contribution < -0.4 is 14.9 Å². The van der Waals surface area contributed by atoms with Gasteiger partial charge in [0, 0.05) is 34.4 Å². The normalized spacial score (nSPS) is 15.6. The van der Waals surface area contributed by atoms with Crippen LogP contribution in [-0.4, -0.2) is 26.9 Å². The van der Waals surface area contributed by atoms with Gasteiger partial charge in [0.05, 0.1) is 28.1 Å². The fraction of sp³-hybridized carbons (Fsp3) is 0.259. The summed E-state index contributed by atoms with van der Waals surface area (Å²) in [6, 6.07) is 10.8. The maximum atomic E-state index is 13.8. The van der Waals surface area contributed by atoms with Crippen molar-refractivity contribution >= 4 is 39.3 Å². The van der Waals surface area contributed by atoms with Crippen molar-refractivity contribution in [1.29, 1.82) is 0 Å². The van der Waals surface area contributed by atoms with Crippen LogP contribution in [0.4, 0.5) is 0 Å². The van der Waals surface area contributed by atoms with Crippen LogP contribution in [0.15, 0.2) is 72.5 Å². The Balaban J connectivity index is 1.65. The molecule has 37 heavy (non-hydrogen) atoms. The summed E-state index contributed by atoms with van der Waals surface area (Å²) in [5.74, 6) is 0.764. The summed E-state index contributed by atoms with van der Waals surface area (Å²) in [6.45, 7) is 8.28. The third kappa shape index (κ3) is 4.67. The predicted octanol–water partition coefficient (Wildman–Crippen LogP) is 4.35. The van der Waals surface area contributed by atoms with E-state index in [1.807, 2.05) is 56.4 Å². The zero-order chi connectivity index (χ0) is 26.3. The van der Waals surface area contributed by atoms with Gasteiger partial charge < -0.3 is 9.15 Å². The van der Waals surface area contributed by atoms with Gasteiger partial charge in [0.25, 0.3) is 5.56 Å². The van der Waals surface area contributed by atoms with Crippen LogP contribution in [0.5, 0.6) is 0 Å². The quantitative estimate of drug-likeness (QED) is 0.316. The third-order valence-corrected chi connectivity index (χ3v) is 7.66. The molecular formula is C27H25BrN4O4S. The molecule has 3 aromatic heterocycles. The first-order valence-electron chi connectivity index (χ1n) is 11.9. The topological polar surface area (TPSA) is 91.6 Å². The molecule has 4 aromatic rings. The monoisotopic (exact) mass is 580 g/mol. The van der Waals surface area contributed by atoms with E-state index < -0.39 is 12.0 Å². The number of carbonyl (C=O) groups excluding carboxylic acids is 1. The fourth-order valence-electron chi connectivity index (χ4n) is 4.38. The highest BCUT2D eigenvalue weighted by molar-refractivity contribution is 9.10. The van der Waals surface area contributed by atoms with Gasteiger partial charge in [-0.2, -0.15) is 5.10 Å². The number of nitrogens with zero attached hydrogens (tertiary/aromatic N) is 4. The Morgan fingerprint density at radius 2 is 1.95 bits per heavy atom. The highest BCUT2D eigenvalue weighted by Gasteiger charge is 2.35. The third-order valence-electron chi connectivity index (χ3n) is 6.15. The van der Waals surface area contributed by atoms with E-state index >= 15 is 0 Å². The summed E-state index contributed by atoms with van der Waals surface area (Å²) in [5, 5.41) is 4.56. The van der Waals surface area contributed by atoms with E-state index in [1.54, 1.807) is 29.2 Å². The molecule has 0 bridgehead atoms. The molecule has 1 atom stereocenters. The van der Waals surface area contributed by atoms with Crippen molar-refractivity contribution in [2.45, 2.75) is 40.3 Å². The molecule has 1 aliphatic rings. The summed E-state index contributed by atoms with van der Waals surface area (Å²) in [4.78, 5) is 32.0. The Bertz CT molecular complexity index is 1710. The summed E-state index contributed by atoms with van der Waals surface area (Å²) in [6.07, 6.45) is 3.60. The Kier molecular flexibility index (Phi) is 6.87. The van der Waals surface area contributed by atoms with Crippen LogP contribution in [0.2, 0.25) is 0 Å². The molecule has 1 aromatic carbocycles. The maximum Gasteiger partial charge on any atom is 0.338 e. The zero-order valence-electron chi connectivity index (χ0n) is 20.8. The zero-order valence-corrected chi connectivity index (χ0v) is 23.2. The van der Waals surface area contributed by atoms with E-state index in [9.17, 15) is 9.59 Å². The number of allylic oxidation sites excluding steroid dienone is 1. The van der Waals surface area contributed by atoms with E-state index in [4.69, 9.17) is 9.15 Å². The number of halogens is 1. The highest BCUT2D eigenvalue weighted by Crippen LogP contribution is 2.32. The summed E-state index contributed by atoms with van der Waals surface area (Å²) >= 11 is 4.70. The number of fused-ring (bicyclic) bond motifs is 1. The molecule has 0 amide bonds. The van der Waals surface area contributed by atoms with Gasteiger partial charge in [-0.05, 0) is 52.0 Å². The molecule has 1 aliphatic heterocycles. The van der Waals surface area contributed by atoms with Gasteiger partial charge >= 0.3 is 5.97 Å². The van der Waals surface area contributed by atoms with Crippen molar-refractivity contribution < 1.29 is 13.9 Å². The lowest BCUT2D eigenvalue weighted by Crippen LogP contribution is -2.40. The molecule has 190 valence electrons. The SMILES string of the molecule is CCOC(=O)C1=C(C)N=c2s/c(=C/c3ccc(-c4ccc(Br)cc4)o3)c(=O)n2[C@H]1c1cn(CC)nc1C. The molecular weight excluding hydrogens is 556 g/mol. The number of aromatic nitrogens is 3. The average Bonchev–Trinajstić information content (AvgIpc) is 3.57. The molecule has 0 fully saturated rings. The smallest absolute Gasteiger partial charge is 0.338 e. The number of esters is 1. The second-order valence-corrected chi connectivity index (χ2v) is 10.5. The molecule has 0 saturated heterocycles. The molecule has 0 saturated carbocycles. The number of furan rings is 1. The van der Waals surface area contributed by atoms with Gasteiger partial charge in [0.15, 0.2) is 4.80 Å². The number of aryl methyl sites for hydroxylation is 2. The van der Waals surface area contributed by atoms with Crippen LogP contribution in [0.1, 0.15) is 43.8 Å². The number of hydrogen-bond donors (Lipinski definition) is 0. The van der Waals surface area contributed by atoms with E-state index in [0.29, 0.717) is 38.7 Å². The molecule has 4 heterocycles. The highest BCUT2D eigenvalue weighted by atomic mass is 79.9.